The van der Waals surface area contributed by atoms with Gasteiger partial charge >= 0.3 is 5.97 Å². The summed E-state index contributed by atoms with van der Waals surface area (Å²) in [5, 5.41) is 4.46. The lowest BCUT2D eigenvalue weighted by Gasteiger charge is -2.27. The Kier molecular flexibility index (Phi) is 17.0. The van der Waals surface area contributed by atoms with Gasteiger partial charge in [0.1, 0.15) is 0 Å². The van der Waals surface area contributed by atoms with E-state index in [1.54, 1.807) is 0 Å². The number of carbonyl (C=O) groups is 1. The Morgan fingerprint density at radius 2 is 1.58 bits per heavy atom. The number of hydrogen-bond acceptors (Lipinski definition) is 6. The second kappa shape index (κ2) is 16.6. The lowest BCUT2D eigenvalue weighted by molar-refractivity contribution is -0.142. The standard InChI is InChI=1S/C19H38NO2PS3/c1-6-9-10-11-12-13-14-22-18(21)15-20-19(23-24,25-16(4)7-2)26-17(5)8-3/h16-17,20H,6-15H2,1-5H3/p+1. The van der Waals surface area contributed by atoms with Crippen LogP contribution in [0.3, 0.4) is 0 Å². The molecule has 0 aliphatic carbocycles. The van der Waals surface area contributed by atoms with E-state index in [1.165, 1.54) is 25.7 Å². The van der Waals surface area contributed by atoms with Crippen LogP contribution in [0.15, 0.2) is 0 Å². The predicted molar refractivity (Wildman–Crippen MR) is 125 cm³/mol. The van der Waals surface area contributed by atoms with Gasteiger partial charge in [-0.2, -0.15) is 0 Å². The molecule has 3 nitrogen and oxygen atoms in total. The van der Waals surface area contributed by atoms with Crippen molar-refractivity contribution in [2.24, 2.45) is 0 Å². The highest BCUT2D eigenvalue weighted by Crippen LogP contribution is 2.48. The van der Waals surface area contributed by atoms with E-state index >= 15 is 0 Å². The molecule has 0 fully saturated rings. The molecule has 0 rings (SSSR count). The first-order valence-corrected chi connectivity index (χ1v) is 14.0. The van der Waals surface area contributed by atoms with E-state index in [0.29, 0.717) is 24.5 Å². The Labute approximate surface area is 176 Å². The average molecular weight is 441 g/mol. The molecule has 154 valence electrons. The minimum absolute atomic E-state index is 0.161. The number of hydrogen-bond donors (Lipinski definition) is 1. The van der Waals surface area contributed by atoms with E-state index in [0.717, 1.165) is 25.7 Å². The van der Waals surface area contributed by atoms with Crippen molar-refractivity contribution in [2.45, 2.75) is 100 Å². The summed E-state index contributed by atoms with van der Waals surface area (Å²) in [5.41, 5.74) is 0. The SMILES string of the molecule is CCCCCCCCOC(=O)CNC([PH+]=S)(SC(C)CC)SC(C)CC. The third-order valence-corrected chi connectivity index (χ3v) is 10.7. The topological polar surface area (TPSA) is 38.3 Å². The largest absolute Gasteiger partial charge is 0.465 e. The number of thioether (sulfide) groups is 2. The van der Waals surface area contributed by atoms with Crippen LogP contribution in [0.1, 0.15) is 86.0 Å². The van der Waals surface area contributed by atoms with Crippen LogP contribution in [0.4, 0.5) is 0 Å². The lowest BCUT2D eigenvalue weighted by Crippen LogP contribution is -2.40. The zero-order valence-electron chi connectivity index (χ0n) is 17.3. The van der Waals surface area contributed by atoms with Crippen molar-refractivity contribution in [2.75, 3.05) is 13.2 Å². The highest BCUT2D eigenvalue weighted by Gasteiger charge is 2.40. The molecule has 0 saturated carbocycles. The van der Waals surface area contributed by atoms with Gasteiger partial charge in [-0.25, -0.2) is 5.32 Å². The fourth-order valence-corrected chi connectivity index (χ4v) is 8.06. The van der Waals surface area contributed by atoms with E-state index in [1.807, 2.05) is 23.5 Å². The Hall–Kier alpha value is 0.650. The third-order valence-electron chi connectivity index (χ3n) is 4.24. The number of rotatable bonds is 17. The molecule has 1 N–H and O–H groups in total. The van der Waals surface area contributed by atoms with Crippen molar-refractivity contribution < 1.29 is 9.53 Å². The molecule has 0 radical (unpaired) electrons. The molecular formula is C19H39NO2PS3+. The molecule has 26 heavy (non-hydrogen) atoms. The molecule has 0 spiro atoms. The van der Waals surface area contributed by atoms with Gasteiger partial charge in [0.25, 0.3) is 3.94 Å². The number of ether oxygens (including phenoxy) is 1. The summed E-state index contributed by atoms with van der Waals surface area (Å²) in [5.74, 6) is -0.161. The number of esters is 1. The highest BCUT2D eigenvalue weighted by molar-refractivity contribution is 8.27. The van der Waals surface area contributed by atoms with Crippen LogP contribution in [0.25, 0.3) is 0 Å². The van der Waals surface area contributed by atoms with Gasteiger partial charge in [0, 0.05) is 10.5 Å². The van der Waals surface area contributed by atoms with E-state index < -0.39 is 0 Å². The molecule has 0 saturated heterocycles. The molecule has 0 aromatic heterocycles. The molecule has 0 heterocycles. The highest BCUT2D eigenvalue weighted by atomic mass is 32.4. The van der Waals surface area contributed by atoms with Crippen molar-refractivity contribution in [3.63, 3.8) is 0 Å². The van der Waals surface area contributed by atoms with Crippen molar-refractivity contribution >= 4 is 48.7 Å². The average Bonchev–Trinajstić information content (AvgIpc) is 2.65. The predicted octanol–water partition coefficient (Wildman–Crippen LogP) is 6.29. The summed E-state index contributed by atoms with van der Waals surface area (Å²) in [7, 11) is 0.303. The maximum Gasteiger partial charge on any atom is 0.320 e. The first-order chi connectivity index (χ1) is 12.4. The Balaban J connectivity index is 4.35. The van der Waals surface area contributed by atoms with Crippen LogP contribution in [0, 0.1) is 0 Å². The molecule has 0 aliphatic heterocycles. The van der Waals surface area contributed by atoms with Gasteiger partial charge in [-0.3, -0.25) is 4.79 Å². The fraction of sp³-hybridized carbons (Fsp3) is 0.947. The van der Waals surface area contributed by atoms with Crippen molar-refractivity contribution in [3.8, 4) is 0 Å². The number of unbranched alkanes of at least 4 members (excludes halogenated alkanes) is 5. The van der Waals surface area contributed by atoms with Gasteiger partial charge in [0.05, 0.1) is 13.2 Å². The fourth-order valence-electron chi connectivity index (χ4n) is 2.24. The summed E-state index contributed by atoms with van der Waals surface area (Å²) in [4.78, 5) is 12.1. The lowest BCUT2D eigenvalue weighted by atomic mass is 10.1. The van der Waals surface area contributed by atoms with E-state index in [9.17, 15) is 4.79 Å². The molecule has 7 heteroatoms. The maximum absolute atomic E-state index is 12.1. The summed E-state index contributed by atoms with van der Waals surface area (Å²) < 4.78 is 5.14. The minimum atomic E-state index is -0.265. The second-order valence-electron chi connectivity index (χ2n) is 6.73. The molecule has 0 aromatic rings. The van der Waals surface area contributed by atoms with Gasteiger partial charge in [-0.1, -0.05) is 90.2 Å². The zero-order valence-corrected chi connectivity index (χ0v) is 20.7. The van der Waals surface area contributed by atoms with Gasteiger partial charge in [0.2, 0.25) is 7.36 Å². The first-order valence-electron chi connectivity index (χ1n) is 10.1. The molecule has 3 unspecified atom stereocenters. The van der Waals surface area contributed by atoms with Crippen molar-refractivity contribution in [1.29, 1.82) is 0 Å². The van der Waals surface area contributed by atoms with Gasteiger partial charge in [-0.05, 0) is 19.3 Å². The van der Waals surface area contributed by atoms with Gasteiger partial charge in [0.15, 0.2) is 11.8 Å². The van der Waals surface area contributed by atoms with Crippen molar-refractivity contribution in [1.82, 2.24) is 5.32 Å². The maximum atomic E-state index is 12.1. The molecule has 0 bridgehead atoms. The van der Waals surface area contributed by atoms with Crippen molar-refractivity contribution in [3.05, 3.63) is 0 Å². The second-order valence-corrected chi connectivity index (χ2v) is 12.6. The Morgan fingerprint density at radius 3 is 2.08 bits per heavy atom. The molecule has 0 amide bonds. The van der Waals surface area contributed by atoms with Crippen LogP contribution in [0.2, 0.25) is 0 Å². The van der Waals surface area contributed by atoms with Crippen LogP contribution in [-0.4, -0.2) is 33.6 Å². The number of carbonyl (C=O) groups excluding carboxylic acids is 1. The summed E-state index contributed by atoms with van der Waals surface area (Å²) in [6, 6.07) is 0. The monoisotopic (exact) mass is 440 g/mol. The Bertz CT molecular complexity index is 374. The quantitative estimate of drug-likeness (QED) is 0.124. The minimum Gasteiger partial charge on any atom is -0.465 e. The summed E-state index contributed by atoms with van der Waals surface area (Å²) in [6.45, 7) is 11.8. The van der Waals surface area contributed by atoms with Crippen LogP contribution >= 0.6 is 30.9 Å². The zero-order chi connectivity index (χ0) is 19.8. The molecule has 0 aliphatic rings. The van der Waals surface area contributed by atoms with E-state index in [4.69, 9.17) is 16.5 Å². The van der Waals surface area contributed by atoms with Crippen LogP contribution in [-0.2, 0) is 21.3 Å². The number of nitrogens with one attached hydrogen (secondary N) is 1. The molecular weight excluding hydrogens is 401 g/mol. The van der Waals surface area contributed by atoms with Crippen LogP contribution < -0.4 is 5.32 Å². The summed E-state index contributed by atoms with van der Waals surface area (Å²) in [6.07, 6.45) is 9.38. The van der Waals surface area contributed by atoms with Crippen LogP contribution in [0.5, 0.6) is 0 Å². The summed E-state index contributed by atoms with van der Waals surface area (Å²) >= 11 is 9.24. The molecule has 3 atom stereocenters. The first kappa shape index (κ1) is 26.6. The normalized spacial score (nSPS) is 16.2. The smallest absolute Gasteiger partial charge is 0.320 e. The Morgan fingerprint density at radius 1 is 1.04 bits per heavy atom. The van der Waals surface area contributed by atoms with Gasteiger partial charge in [-0.15, -0.1) is 0 Å². The van der Waals surface area contributed by atoms with E-state index in [-0.39, 0.29) is 16.5 Å². The third kappa shape index (κ3) is 12.9. The molecule has 0 aromatic carbocycles. The van der Waals surface area contributed by atoms with Gasteiger partial charge < -0.3 is 4.74 Å². The van der Waals surface area contributed by atoms with E-state index in [2.05, 4.69) is 39.9 Å².